The molecule has 68 valence electrons. The van der Waals surface area contributed by atoms with Crippen LogP contribution in [0, 0.1) is 5.41 Å². The van der Waals surface area contributed by atoms with E-state index in [9.17, 15) is 4.79 Å². The highest BCUT2D eigenvalue weighted by Gasteiger charge is 2.32. The normalized spacial score (nSPS) is 13.2. The smallest absolute Gasteiger partial charge is 0.312 e. The molecule has 0 radical (unpaired) electrons. The molecule has 2 N–H and O–H groups in total. The molecule has 0 amide bonds. The van der Waals surface area contributed by atoms with Gasteiger partial charge in [0.2, 0.25) is 0 Å². The number of rotatable bonds is 2. The van der Waals surface area contributed by atoms with Crippen molar-refractivity contribution in [1.29, 1.82) is 0 Å². The Balaban J connectivity index is 0. The van der Waals surface area contributed by atoms with Crippen molar-refractivity contribution in [2.45, 2.75) is 26.8 Å². The summed E-state index contributed by atoms with van der Waals surface area (Å²) in [5, 5.41) is 0. The van der Waals surface area contributed by atoms with Crippen LogP contribution in [0.15, 0.2) is 0 Å². The van der Waals surface area contributed by atoms with Crippen LogP contribution >= 0.6 is 12.4 Å². The molecular formula is C7H16ClNO2. The van der Waals surface area contributed by atoms with Gasteiger partial charge in [-0.2, -0.15) is 0 Å². The van der Waals surface area contributed by atoms with E-state index in [1.807, 2.05) is 0 Å². The molecule has 0 fully saturated rings. The summed E-state index contributed by atoms with van der Waals surface area (Å²) in [6.07, 6.45) is 0. The Labute approximate surface area is 73.7 Å². The number of nitrogens with two attached hydrogens (primary N) is 1. The van der Waals surface area contributed by atoms with Gasteiger partial charge in [0, 0.05) is 6.04 Å². The lowest BCUT2D eigenvalue weighted by Gasteiger charge is -2.25. The fraction of sp³-hybridized carbons (Fsp3) is 0.857. The number of ether oxygens (including phenoxy) is 1. The van der Waals surface area contributed by atoms with Crippen LogP contribution in [0.4, 0.5) is 0 Å². The lowest BCUT2D eigenvalue weighted by Crippen LogP contribution is -2.41. The molecule has 0 aromatic rings. The van der Waals surface area contributed by atoms with Crippen LogP contribution in [-0.4, -0.2) is 19.1 Å². The Hall–Kier alpha value is -0.280. The van der Waals surface area contributed by atoms with Crippen molar-refractivity contribution in [3.05, 3.63) is 0 Å². The Morgan fingerprint density at radius 1 is 1.55 bits per heavy atom. The first-order valence-electron chi connectivity index (χ1n) is 3.27. The summed E-state index contributed by atoms with van der Waals surface area (Å²) in [5.74, 6) is -0.262. The highest BCUT2D eigenvalue weighted by molar-refractivity contribution is 5.85. The van der Waals surface area contributed by atoms with Gasteiger partial charge in [0.25, 0.3) is 0 Å². The summed E-state index contributed by atoms with van der Waals surface area (Å²) < 4.78 is 4.56. The van der Waals surface area contributed by atoms with E-state index in [2.05, 4.69) is 4.74 Å². The second-order valence-corrected chi connectivity index (χ2v) is 3.00. The van der Waals surface area contributed by atoms with Crippen molar-refractivity contribution in [2.24, 2.45) is 11.1 Å². The molecule has 3 nitrogen and oxygen atoms in total. The molecule has 0 aliphatic rings. The molecule has 0 heterocycles. The highest BCUT2D eigenvalue weighted by atomic mass is 35.5. The number of carbonyl (C=O) groups is 1. The van der Waals surface area contributed by atoms with Crippen molar-refractivity contribution in [3.63, 3.8) is 0 Å². The standard InChI is InChI=1S/C7H15NO2.ClH/c1-5(8)7(2,3)6(9)10-4;/h5H,8H2,1-4H3;1H/t5-;/m0./s1. The SMILES string of the molecule is COC(=O)C(C)(C)[C@H](C)N.Cl. The Morgan fingerprint density at radius 3 is 2.00 bits per heavy atom. The molecule has 0 aromatic heterocycles. The van der Waals surface area contributed by atoms with Crippen LogP contribution in [0.5, 0.6) is 0 Å². The number of hydrogen-bond donors (Lipinski definition) is 1. The molecule has 0 aliphatic heterocycles. The van der Waals surface area contributed by atoms with Crippen molar-refractivity contribution >= 4 is 18.4 Å². The minimum Gasteiger partial charge on any atom is -0.469 e. The first-order valence-corrected chi connectivity index (χ1v) is 3.27. The van der Waals surface area contributed by atoms with Crippen molar-refractivity contribution < 1.29 is 9.53 Å². The topological polar surface area (TPSA) is 52.3 Å². The summed E-state index contributed by atoms with van der Waals surface area (Å²) in [6, 6.07) is -0.181. The van der Waals surface area contributed by atoms with E-state index in [4.69, 9.17) is 5.73 Å². The van der Waals surface area contributed by atoms with Gasteiger partial charge in [-0.1, -0.05) is 0 Å². The third kappa shape index (κ3) is 3.08. The van der Waals surface area contributed by atoms with Crippen LogP contribution in [0.25, 0.3) is 0 Å². The summed E-state index contributed by atoms with van der Waals surface area (Å²) in [7, 11) is 1.37. The Morgan fingerprint density at radius 2 is 1.91 bits per heavy atom. The van der Waals surface area contributed by atoms with Gasteiger partial charge in [0.05, 0.1) is 12.5 Å². The van der Waals surface area contributed by atoms with Gasteiger partial charge in [-0.05, 0) is 20.8 Å². The number of carbonyl (C=O) groups excluding carboxylic acids is 1. The van der Waals surface area contributed by atoms with E-state index in [0.717, 1.165) is 0 Å². The maximum atomic E-state index is 11.0. The van der Waals surface area contributed by atoms with Gasteiger partial charge in [0.15, 0.2) is 0 Å². The number of halogens is 1. The summed E-state index contributed by atoms with van der Waals surface area (Å²) >= 11 is 0. The van der Waals surface area contributed by atoms with Gasteiger partial charge in [0.1, 0.15) is 0 Å². The van der Waals surface area contributed by atoms with E-state index < -0.39 is 5.41 Å². The highest BCUT2D eigenvalue weighted by Crippen LogP contribution is 2.19. The zero-order chi connectivity index (χ0) is 8.36. The van der Waals surface area contributed by atoms with Crippen molar-refractivity contribution in [2.75, 3.05) is 7.11 Å². The largest absolute Gasteiger partial charge is 0.469 e. The quantitative estimate of drug-likeness (QED) is 0.646. The van der Waals surface area contributed by atoms with E-state index >= 15 is 0 Å². The molecule has 0 unspecified atom stereocenters. The minimum atomic E-state index is -0.575. The van der Waals surface area contributed by atoms with Crippen LogP contribution in [-0.2, 0) is 9.53 Å². The van der Waals surface area contributed by atoms with Crippen LogP contribution in [0.2, 0.25) is 0 Å². The predicted octanol–water partition coefficient (Wildman–Crippen LogP) is 0.955. The molecule has 1 atom stereocenters. The number of esters is 1. The molecule has 4 heteroatoms. The van der Waals surface area contributed by atoms with Crippen LogP contribution in [0.1, 0.15) is 20.8 Å². The molecule has 0 bridgehead atoms. The maximum absolute atomic E-state index is 11.0. The molecule has 0 aliphatic carbocycles. The van der Waals surface area contributed by atoms with Gasteiger partial charge < -0.3 is 10.5 Å². The first-order chi connectivity index (χ1) is 4.42. The summed E-state index contributed by atoms with van der Waals surface area (Å²) in [6.45, 7) is 5.32. The molecule has 0 saturated carbocycles. The van der Waals surface area contributed by atoms with Gasteiger partial charge in [-0.15, -0.1) is 12.4 Å². The van der Waals surface area contributed by atoms with E-state index in [0.29, 0.717) is 0 Å². The fourth-order valence-electron chi connectivity index (χ4n) is 0.449. The second-order valence-electron chi connectivity index (χ2n) is 3.00. The van der Waals surface area contributed by atoms with Gasteiger partial charge in [-0.3, -0.25) is 4.79 Å². The van der Waals surface area contributed by atoms with E-state index in [-0.39, 0.29) is 24.4 Å². The zero-order valence-corrected chi connectivity index (χ0v) is 8.20. The lowest BCUT2D eigenvalue weighted by atomic mass is 9.86. The molecule has 0 rings (SSSR count). The monoisotopic (exact) mass is 181 g/mol. The Kier molecular flexibility index (Phi) is 5.53. The molecular weight excluding hydrogens is 166 g/mol. The fourth-order valence-corrected chi connectivity index (χ4v) is 0.449. The average Bonchev–Trinajstić information content (AvgIpc) is 1.86. The second kappa shape index (κ2) is 4.57. The lowest BCUT2D eigenvalue weighted by molar-refractivity contribution is -0.151. The van der Waals surface area contributed by atoms with E-state index in [1.54, 1.807) is 20.8 Å². The average molecular weight is 182 g/mol. The van der Waals surface area contributed by atoms with Crippen molar-refractivity contribution in [1.82, 2.24) is 0 Å². The van der Waals surface area contributed by atoms with Gasteiger partial charge in [-0.25, -0.2) is 0 Å². The maximum Gasteiger partial charge on any atom is 0.312 e. The third-order valence-corrected chi connectivity index (χ3v) is 1.85. The zero-order valence-electron chi connectivity index (χ0n) is 7.38. The Bertz CT molecular complexity index is 134. The molecule has 0 saturated heterocycles. The minimum absolute atomic E-state index is 0. The predicted molar refractivity (Wildman–Crippen MR) is 46.7 cm³/mol. The van der Waals surface area contributed by atoms with E-state index in [1.165, 1.54) is 7.11 Å². The summed E-state index contributed by atoms with van der Waals surface area (Å²) in [5.41, 5.74) is 4.97. The van der Waals surface area contributed by atoms with Crippen molar-refractivity contribution in [3.8, 4) is 0 Å². The third-order valence-electron chi connectivity index (χ3n) is 1.85. The van der Waals surface area contributed by atoms with Gasteiger partial charge >= 0.3 is 5.97 Å². The molecule has 0 spiro atoms. The van der Waals surface area contributed by atoms with Crippen LogP contribution in [0.3, 0.4) is 0 Å². The first kappa shape index (κ1) is 13.3. The molecule has 11 heavy (non-hydrogen) atoms. The number of methoxy groups -OCH3 is 1. The molecule has 0 aromatic carbocycles. The number of hydrogen-bond acceptors (Lipinski definition) is 3. The summed E-state index contributed by atoms with van der Waals surface area (Å²) in [4.78, 5) is 11.0. The van der Waals surface area contributed by atoms with Crippen LogP contribution < -0.4 is 5.73 Å².